The van der Waals surface area contributed by atoms with E-state index in [0.29, 0.717) is 0 Å². The highest BCUT2D eigenvalue weighted by atomic mass is 35.5. The van der Waals surface area contributed by atoms with Crippen LogP contribution in [0.5, 0.6) is 0 Å². The monoisotopic (exact) mass is 636 g/mol. The fourth-order valence-electron chi connectivity index (χ4n) is 5.55. The molecule has 1 aliphatic heterocycles. The van der Waals surface area contributed by atoms with E-state index >= 15 is 0 Å². The number of carbonyl (C=O) groups is 3. The number of pyridine rings is 1. The van der Waals surface area contributed by atoms with Gasteiger partial charge in [-0.25, -0.2) is 18.2 Å². The van der Waals surface area contributed by atoms with Crippen molar-refractivity contribution in [2.24, 2.45) is 0 Å². The molecular formula is C31H24ClF3N6O4. The molecule has 3 amide bonds. The summed E-state index contributed by atoms with van der Waals surface area (Å²) in [4.78, 5) is 47.3. The molecule has 1 aromatic heterocycles. The van der Waals surface area contributed by atoms with Crippen molar-refractivity contribution < 1.29 is 32.7 Å². The zero-order valence-electron chi connectivity index (χ0n) is 23.3. The normalized spacial score (nSPS) is 19.6. The Bertz CT molecular complexity index is 1750. The summed E-state index contributed by atoms with van der Waals surface area (Å²) >= 11 is 6.47. The molecule has 2 heterocycles. The number of nitriles is 2. The minimum atomic E-state index is -2.96. The van der Waals surface area contributed by atoms with Crippen molar-refractivity contribution in [2.75, 3.05) is 9.80 Å². The third-order valence-corrected chi connectivity index (χ3v) is 7.96. The van der Waals surface area contributed by atoms with Crippen molar-refractivity contribution in [1.82, 2.24) is 10.3 Å². The number of aliphatic hydroxyl groups excluding tert-OH is 1. The highest BCUT2D eigenvalue weighted by molar-refractivity contribution is 6.31. The maximum absolute atomic E-state index is 14.8. The van der Waals surface area contributed by atoms with Crippen LogP contribution in [-0.4, -0.2) is 51.9 Å². The molecule has 5 rings (SSSR count). The van der Waals surface area contributed by atoms with E-state index < -0.39 is 73.0 Å². The van der Waals surface area contributed by atoms with Gasteiger partial charge in [0, 0.05) is 54.2 Å². The Hall–Kier alpha value is -4.98. The average Bonchev–Trinajstić information content (AvgIpc) is 3.26. The molecule has 3 unspecified atom stereocenters. The summed E-state index contributed by atoms with van der Waals surface area (Å²) in [5, 5.41) is 31.9. The van der Waals surface area contributed by atoms with Crippen molar-refractivity contribution in [2.45, 2.75) is 55.8 Å². The highest BCUT2D eigenvalue weighted by Gasteiger charge is 2.48. The van der Waals surface area contributed by atoms with Gasteiger partial charge in [-0.15, -0.1) is 0 Å². The van der Waals surface area contributed by atoms with E-state index in [0.717, 1.165) is 21.9 Å². The van der Waals surface area contributed by atoms with Gasteiger partial charge in [0.25, 0.3) is 11.8 Å². The van der Waals surface area contributed by atoms with Crippen LogP contribution in [0, 0.1) is 28.5 Å². The topological polar surface area (TPSA) is 150 Å². The van der Waals surface area contributed by atoms with Gasteiger partial charge in [0.15, 0.2) is 0 Å². The number of rotatable bonds is 8. The number of hydrogen-bond donors (Lipinski definition) is 2. The molecule has 0 spiro atoms. The zero-order valence-corrected chi connectivity index (χ0v) is 24.1. The molecule has 14 heteroatoms. The van der Waals surface area contributed by atoms with Crippen LogP contribution in [0.15, 0.2) is 60.8 Å². The van der Waals surface area contributed by atoms with Crippen LogP contribution in [-0.2, 0) is 14.4 Å². The smallest absolute Gasteiger partial charge is 0.257 e. The maximum atomic E-state index is 14.8. The molecule has 2 fully saturated rings. The van der Waals surface area contributed by atoms with E-state index in [2.05, 4.69) is 10.3 Å². The van der Waals surface area contributed by atoms with Crippen molar-refractivity contribution in [3.63, 3.8) is 0 Å². The Morgan fingerprint density at radius 3 is 2.51 bits per heavy atom. The van der Waals surface area contributed by atoms with Gasteiger partial charge in [-0.05, 0) is 36.4 Å². The lowest BCUT2D eigenvalue weighted by Gasteiger charge is -2.38. The number of hydrogen-bond acceptors (Lipinski definition) is 7. The molecule has 1 saturated heterocycles. The van der Waals surface area contributed by atoms with Crippen molar-refractivity contribution in [3.8, 4) is 12.1 Å². The molecule has 0 radical (unpaired) electrons. The van der Waals surface area contributed by atoms with Gasteiger partial charge in [-0.1, -0.05) is 29.8 Å². The summed E-state index contributed by atoms with van der Waals surface area (Å²) < 4.78 is 42.1. The lowest BCUT2D eigenvalue weighted by molar-refractivity contribution is -0.133. The number of anilines is 2. The Kier molecular flexibility index (Phi) is 8.77. The number of amides is 3. The fourth-order valence-corrected chi connectivity index (χ4v) is 5.79. The second-order valence-corrected chi connectivity index (χ2v) is 11.2. The number of benzene rings is 2. The van der Waals surface area contributed by atoms with Crippen LogP contribution >= 0.6 is 11.6 Å². The van der Waals surface area contributed by atoms with E-state index in [1.165, 1.54) is 42.6 Å². The number of nitrogens with zero attached hydrogens (tertiary/aromatic N) is 5. The fraction of sp³-hybridized carbons (Fsp3) is 0.290. The van der Waals surface area contributed by atoms with E-state index in [-0.39, 0.29) is 39.6 Å². The molecule has 2 aromatic carbocycles. The Labute approximate surface area is 260 Å². The molecule has 10 nitrogen and oxygen atoms in total. The molecule has 3 atom stereocenters. The molecule has 3 aromatic rings. The van der Waals surface area contributed by atoms with Crippen LogP contribution in [0.3, 0.4) is 0 Å². The molecule has 2 aliphatic rings. The summed E-state index contributed by atoms with van der Waals surface area (Å²) in [6, 6.07) is 11.9. The van der Waals surface area contributed by atoms with Crippen LogP contribution in [0.1, 0.15) is 48.4 Å². The molecule has 2 N–H and O–H groups in total. The van der Waals surface area contributed by atoms with E-state index in [1.807, 2.05) is 6.07 Å². The lowest BCUT2D eigenvalue weighted by Crippen LogP contribution is -2.54. The SMILES string of the molecule is N#Cc1cc(F)cc(N(C(=O)CC2CC(O)C(=O)N2c2cc(C#N)ccn2)C(C(=O)NC2CC(F)(F)C2)c2ccccc2Cl)c1. The Morgan fingerprint density at radius 1 is 1.13 bits per heavy atom. The van der Waals surface area contributed by atoms with Crippen molar-refractivity contribution in [1.29, 1.82) is 10.5 Å². The first-order chi connectivity index (χ1) is 21.4. The second-order valence-electron chi connectivity index (χ2n) is 10.8. The van der Waals surface area contributed by atoms with Gasteiger partial charge in [-0.2, -0.15) is 10.5 Å². The van der Waals surface area contributed by atoms with Gasteiger partial charge < -0.3 is 10.4 Å². The number of alkyl halides is 2. The Balaban J connectivity index is 1.59. The van der Waals surface area contributed by atoms with Crippen LogP contribution < -0.4 is 15.1 Å². The number of aromatic nitrogens is 1. The third kappa shape index (κ3) is 6.60. The summed E-state index contributed by atoms with van der Waals surface area (Å²) in [7, 11) is 0. The Morgan fingerprint density at radius 2 is 1.84 bits per heavy atom. The lowest BCUT2D eigenvalue weighted by atomic mass is 9.87. The minimum Gasteiger partial charge on any atom is -0.383 e. The first-order valence-corrected chi connectivity index (χ1v) is 14.1. The van der Waals surface area contributed by atoms with Crippen LogP contribution in [0.2, 0.25) is 5.02 Å². The first kappa shape index (κ1) is 31.4. The number of nitrogens with one attached hydrogen (secondary N) is 1. The molecule has 1 saturated carbocycles. The molecule has 0 bridgehead atoms. The highest BCUT2D eigenvalue weighted by Crippen LogP contribution is 2.39. The third-order valence-electron chi connectivity index (χ3n) is 7.62. The van der Waals surface area contributed by atoms with Crippen molar-refractivity contribution in [3.05, 3.63) is 88.3 Å². The predicted molar refractivity (Wildman–Crippen MR) is 154 cm³/mol. The van der Waals surface area contributed by atoms with Crippen molar-refractivity contribution >= 4 is 40.8 Å². The number of halogens is 4. The molecule has 45 heavy (non-hydrogen) atoms. The van der Waals surface area contributed by atoms with Gasteiger partial charge in [-0.3, -0.25) is 24.2 Å². The molecule has 1 aliphatic carbocycles. The maximum Gasteiger partial charge on any atom is 0.257 e. The summed E-state index contributed by atoms with van der Waals surface area (Å²) in [6.45, 7) is 0. The van der Waals surface area contributed by atoms with E-state index in [1.54, 1.807) is 12.1 Å². The van der Waals surface area contributed by atoms with Gasteiger partial charge >= 0.3 is 0 Å². The number of aliphatic hydroxyl groups is 1. The molecule has 230 valence electrons. The quantitative estimate of drug-likeness (QED) is 0.377. The van der Waals surface area contributed by atoms with Crippen LogP contribution in [0.4, 0.5) is 24.7 Å². The summed E-state index contributed by atoms with van der Waals surface area (Å²) in [6.07, 6.45) is -2.21. The summed E-state index contributed by atoms with van der Waals surface area (Å²) in [5.41, 5.74) is -0.134. The van der Waals surface area contributed by atoms with Gasteiger partial charge in [0.05, 0.1) is 29.3 Å². The van der Waals surface area contributed by atoms with Gasteiger partial charge in [0.1, 0.15) is 23.8 Å². The van der Waals surface area contributed by atoms with E-state index in [4.69, 9.17) is 11.6 Å². The van der Waals surface area contributed by atoms with E-state index in [9.17, 15) is 43.2 Å². The standard InChI is InChI=1S/C31H24ClF3N6O4/c32-24-4-2-1-3-23(24)28(29(44)39-20-13-31(34,35)14-20)41(21-8-18(16-37)7-19(33)10-21)27(43)12-22-11-25(42)30(45)40(22)26-9-17(15-36)5-6-38-26/h1-10,20,22,25,28,42H,11-14H2,(H,39,44). The average molecular weight is 637 g/mol. The zero-order chi connectivity index (χ0) is 32.5. The molecular weight excluding hydrogens is 613 g/mol. The summed E-state index contributed by atoms with van der Waals surface area (Å²) in [5.74, 6) is -6.37. The first-order valence-electron chi connectivity index (χ1n) is 13.7. The minimum absolute atomic E-state index is 0.00350. The largest absolute Gasteiger partial charge is 0.383 e. The van der Waals surface area contributed by atoms with Gasteiger partial charge in [0.2, 0.25) is 11.8 Å². The number of carbonyl (C=O) groups excluding carboxylic acids is 3. The predicted octanol–water partition coefficient (Wildman–Crippen LogP) is 4.16. The second kappa shape index (κ2) is 12.6. The van der Waals surface area contributed by atoms with Crippen LogP contribution in [0.25, 0.3) is 0 Å².